The van der Waals surface area contributed by atoms with Crippen LogP contribution in [0.5, 0.6) is 5.75 Å². The second-order valence-electron chi connectivity index (χ2n) is 5.63. The number of benzene rings is 2. The monoisotopic (exact) mass is 334 g/mol. The summed E-state index contributed by atoms with van der Waals surface area (Å²) in [5.74, 6) is 2.32. The molecule has 0 aliphatic carbocycles. The maximum Gasteiger partial charge on any atom is 0.224 e. The van der Waals surface area contributed by atoms with E-state index in [1.54, 1.807) is 13.3 Å². The van der Waals surface area contributed by atoms with Crippen molar-refractivity contribution < 1.29 is 4.74 Å². The maximum absolute atomic E-state index is 5.25. The minimum atomic E-state index is 0.621. The van der Waals surface area contributed by atoms with Crippen LogP contribution in [0.2, 0.25) is 0 Å². The van der Waals surface area contributed by atoms with Crippen LogP contribution in [0, 0.1) is 0 Å². The van der Waals surface area contributed by atoms with E-state index in [0.29, 0.717) is 12.5 Å². The van der Waals surface area contributed by atoms with E-state index in [1.807, 2.05) is 36.4 Å². The zero-order valence-electron chi connectivity index (χ0n) is 14.3. The molecule has 0 amide bonds. The first-order valence-electron chi connectivity index (χ1n) is 8.31. The second-order valence-corrected chi connectivity index (χ2v) is 5.63. The molecule has 0 atom stereocenters. The molecular weight excluding hydrogens is 312 g/mol. The predicted molar refractivity (Wildman–Crippen MR) is 101 cm³/mol. The van der Waals surface area contributed by atoms with Gasteiger partial charge in [-0.25, -0.2) is 4.98 Å². The van der Waals surface area contributed by atoms with E-state index in [2.05, 4.69) is 44.9 Å². The molecular formula is C20H22N4O. The Hall–Kier alpha value is -3.08. The molecule has 0 bridgehead atoms. The van der Waals surface area contributed by atoms with Gasteiger partial charge in [0.05, 0.1) is 7.11 Å². The summed E-state index contributed by atoms with van der Waals surface area (Å²) in [6, 6.07) is 20.2. The molecule has 0 aliphatic heterocycles. The highest BCUT2D eigenvalue weighted by atomic mass is 16.5. The molecule has 1 aromatic heterocycles. The Morgan fingerprint density at radius 2 is 1.76 bits per heavy atom. The summed E-state index contributed by atoms with van der Waals surface area (Å²) in [5.41, 5.74) is 2.42. The van der Waals surface area contributed by atoms with Gasteiger partial charge in [-0.1, -0.05) is 42.5 Å². The van der Waals surface area contributed by atoms with Crippen molar-refractivity contribution in [2.75, 3.05) is 24.3 Å². The average Bonchev–Trinajstić information content (AvgIpc) is 2.68. The van der Waals surface area contributed by atoms with Crippen molar-refractivity contribution >= 4 is 11.8 Å². The van der Waals surface area contributed by atoms with Crippen molar-refractivity contribution in [2.24, 2.45) is 0 Å². The number of anilines is 2. The van der Waals surface area contributed by atoms with Gasteiger partial charge in [0.25, 0.3) is 0 Å². The van der Waals surface area contributed by atoms with Crippen LogP contribution in [0.4, 0.5) is 11.8 Å². The third-order valence-corrected chi connectivity index (χ3v) is 3.80. The normalized spacial score (nSPS) is 10.3. The number of aromatic nitrogens is 2. The van der Waals surface area contributed by atoms with Crippen molar-refractivity contribution in [1.29, 1.82) is 0 Å². The molecule has 1 heterocycles. The Morgan fingerprint density at radius 3 is 2.60 bits per heavy atom. The largest absolute Gasteiger partial charge is 0.497 e. The van der Waals surface area contributed by atoms with E-state index >= 15 is 0 Å². The number of rotatable bonds is 8. The molecule has 5 nitrogen and oxygen atoms in total. The van der Waals surface area contributed by atoms with Crippen LogP contribution in [-0.2, 0) is 13.0 Å². The minimum absolute atomic E-state index is 0.621. The summed E-state index contributed by atoms with van der Waals surface area (Å²) in [4.78, 5) is 8.76. The quantitative estimate of drug-likeness (QED) is 0.657. The van der Waals surface area contributed by atoms with Crippen molar-refractivity contribution in [3.05, 3.63) is 78.0 Å². The standard InChI is InChI=1S/C20H22N4O/c1-25-18-9-5-8-16(14-18)10-12-21-19-11-13-22-20(24-19)23-15-17-6-3-2-4-7-17/h2-9,11,13-14H,10,12,15H2,1H3,(H2,21,22,23,24). The molecule has 0 saturated carbocycles. The van der Waals surface area contributed by atoms with Crippen LogP contribution in [0.1, 0.15) is 11.1 Å². The van der Waals surface area contributed by atoms with Crippen molar-refractivity contribution in [3.63, 3.8) is 0 Å². The van der Waals surface area contributed by atoms with E-state index < -0.39 is 0 Å². The van der Waals surface area contributed by atoms with Gasteiger partial charge in [-0.05, 0) is 35.7 Å². The highest BCUT2D eigenvalue weighted by Crippen LogP contribution is 2.13. The Labute approximate surface area is 148 Å². The lowest BCUT2D eigenvalue weighted by molar-refractivity contribution is 0.414. The van der Waals surface area contributed by atoms with Gasteiger partial charge in [-0.15, -0.1) is 0 Å². The SMILES string of the molecule is COc1cccc(CCNc2ccnc(NCc3ccccc3)n2)c1. The Bertz CT molecular complexity index is 792. The fraction of sp³-hybridized carbons (Fsp3) is 0.200. The summed E-state index contributed by atoms with van der Waals surface area (Å²) in [7, 11) is 1.68. The van der Waals surface area contributed by atoms with Crippen LogP contribution in [0.3, 0.4) is 0 Å². The van der Waals surface area contributed by atoms with Crippen molar-refractivity contribution in [1.82, 2.24) is 9.97 Å². The first-order valence-corrected chi connectivity index (χ1v) is 8.31. The van der Waals surface area contributed by atoms with Gasteiger partial charge in [0.1, 0.15) is 11.6 Å². The first-order chi connectivity index (χ1) is 12.3. The van der Waals surface area contributed by atoms with Gasteiger partial charge in [0.2, 0.25) is 5.95 Å². The number of nitrogens with zero attached hydrogens (tertiary/aromatic N) is 2. The third-order valence-electron chi connectivity index (χ3n) is 3.80. The number of hydrogen-bond acceptors (Lipinski definition) is 5. The zero-order chi connectivity index (χ0) is 17.3. The van der Waals surface area contributed by atoms with Crippen LogP contribution in [0.15, 0.2) is 66.9 Å². The van der Waals surface area contributed by atoms with E-state index in [0.717, 1.165) is 24.5 Å². The molecule has 0 saturated heterocycles. The number of methoxy groups -OCH3 is 1. The summed E-state index contributed by atoms with van der Waals surface area (Å²) in [6.45, 7) is 1.50. The molecule has 0 unspecified atom stereocenters. The first kappa shape index (κ1) is 16.8. The van der Waals surface area contributed by atoms with Gasteiger partial charge in [-0.3, -0.25) is 0 Å². The molecule has 5 heteroatoms. The minimum Gasteiger partial charge on any atom is -0.497 e. The number of ether oxygens (including phenoxy) is 1. The third kappa shape index (κ3) is 5.21. The lowest BCUT2D eigenvalue weighted by Crippen LogP contribution is -2.09. The summed E-state index contributed by atoms with van der Waals surface area (Å²) >= 11 is 0. The van der Waals surface area contributed by atoms with Crippen LogP contribution < -0.4 is 15.4 Å². The molecule has 3 rings (SSSR count). The average molecular weight is 334 g/mol. The van der Waals surface area contributed by atoms with Crippen LogP contribution in [0.25, 0.3) is 0 Å². The van der Waals surface area contributed by atoms with Gasteiger partial charge < -0.3 is 15.4 Å². The zero-order valence-corrected chi connectivity index (χ0v) is 14.3. The Kier molecular flexibility index (Phi) is 5.82. The number of hydrogen-bond donors (Lipinski definition) is 2. The Morgan fingerprint density at radius 1 is 0.920 bits per heavy atom. The van der Waals surface area contributed by atoms with E-state index in [1.165, 1.54) is 11.1 Å². The molecule has 0 fully saturated rings. The molecule has 3 aromatic rings. The summed E-state index contributed by atoms with van der Waals surface area (Å²) in [6.07, 6.45) is 2.65. The highest BCUT2D eigenvalue weighted by Gasteiger charge is 2.00. The molecule has 0 radical (unpaired) electrons. The van der Waals surface area contributed by atoms with Gasteiger partial charge in [0.15, 0.2) is 0 Å². The smallest absolute Gasteiger partial charge is 0.224 e. The molecule has 25 heavy (non-hydrogen) atoms. The highest BCUT2D eigenvalue weighted by molar-refractivity contribution is 5.40. The van der Waals surface area contributed by atoms with E-state index in [9.17, 15) is 0 Å². The van der Waals surface area contributed by atoms with Gasteiger partial charge in [0, 0.05) is 19.3 Å². The summed E-state index contributed by atoms with van der Waals surface area (Å²) in [5, 5.41) is 6.58. The van der Waals surface area contributed by atoms with Crippen LogP contribution in [-0.4, -0.2) is 23.6 Å². The molecule has 0 spiro atoms. The van der Waals surface area contributed by atoms with E-state index in [4.69, 9.17) is 4.74 Å². The van der Waals surface area contributed by atoms with Crippen LogP contribution >= 0.6 is 0 Å². The fourth-order valence-corrected chi connectivity index (χ4v) is 2.48. The van der Waals surface area contributed by atoms with E-state index in [-0.39, 0.29) is 0 Å². The molecule has 2 N–H and O–H groups in total. The fourth-order valence-electron chi connectivity index (χ4n) is 2.48. The number of nitrogens with one attached hydrogen (secondary N) is 2. The second kappa shape index (κ2) is 8.68. The topological polar surface area (TPSA) is 59.1 Å². The molecule has 0 aliphatic rings. The molecule has 2 aromatic carbocycles. The summed E-state index contributed by atoms with van der Waals surface area (Å²) < 4.78 is 5.25. The Balaban J connectivity index is 1.51. The van der Waals surface area contributed by atoms with Gasteiger partial charge >= 0.3 is 0 Å². The predicted octanol–water partition coefficient (Wildman–Crippen LogP) is 3.75. The lowest BCUT2D eigenvalue weighted by Gasteiger charge is -2.09. The van der Waals surface area contributed by atoms with Crippen molar-refractivity contribution in [3.8, 4) is 5.75 Å². The van der Waals surface area contributed by atoms with Gasteiger partial charge in [-0.2, -0.15) is 4.98 Å². The van der Waals surface area contributed by atoms with Crippen molar-refractivity contribution in [2.45, 2.75) is 13.0 Å². The molecule has 128 valence electrons. The maximum atomic E-state index is 5.25. The lowest BCUT2D eigenvalue weighted by atomic mass is 10.1.